The van der Waals surface area contributed by atoms with Gasteiger partial charge in [0.2, 0.25) is 5.28 Å². The predicted octanol–water partition coefficient (Wildman–Crippen LogP) is 2.42. The van der Waals surface area contributed by atoms with E-state index in [1.54, 1.807) is 18.2 Å². The molecule has 1 aromatic carbocycles. The number of hydrogen-bond donors (Lipinski definition) is 1. The second-order valence-electron chi connectivity index (χ2n) is 4.96. The van der Waals surface area contributed by atoms with Crippen LogP contribution in [0.2, 0.25) is 15.3 Å². The summed E-state index contributed by atoms with van der Waals surface area (Å²) in [5.74, 6) is 0. The summed E-state index contributed by atoms with van der Waals surface area (Å²) in [4.78, 5) is 7.72. The highest BCUT2D eigenvalue weighted by atomic mass is 35.5. The van der Waals surface area contributed by atoms with Gasteiger partial charge in [0.1, 0.15) is 24.6 Å². The first-order chi connectivity index (χ1) is 11.0. The van der Waals surface area contributed by atoms with Crippen molar-refractivity contribution in [1.29, 1.82) is 0 Å². The van der Waals surface area contributed by atoms with E-state index < -0.39 is 5.60 Å². The van der Waals surface area contributed by atoms with Crippen LogP contribution in [-0.2, 0) is 18.7 Å². The molecule has 0 radical (unpaired) electrons. The molecule has 0 bridgehead atoms. The summed E-state index contributed by atoms with van der Waals surface area (Å²) in [5.41, 5.74) is -0.919. The third kappa shape index (κ3) is 3.64. The van der Waals surface area contributed by atoms with Gasteiger partial charge in [-0.25, -0.2) is 19.3 Å². The van der Waals surface area contributed by atoms with Gasteiger partial charge in [-0.3, -0.25) is 0 Å². The summed E-state index contributed by atoms with van der Waals surface area (Å²) >= 11 is 17.9. The molecule has 120 valence electrons. The summed E-state index contributed by atoms with van der Waals surface area (Å²) in [6.45, 7) is 0.194. The zero-order valence-electron chi connectivity index (χ0n) is 11.6. The van der Waals surface area contributed by atoms with Gasteiger partial charge in [-0.05, 0) is 23.7 Å². The molecule has 1 N–H and O–H groups in total. The van der Waals surface area contributed by atoms with Crippen molar-refractivity contribution in [2.75, 3.05) is 0 Å². The van der Waals surface area contributed by atoms with Crippen molar-refractivity contribution in [1.82, 2.24) is 29.5 Å². The average Bonchev–Trinajstić information content (AvgIpc) is 3.10. The molecule has 2 heterocycles. The van der Waals surface area contributed by atoms with Gasteiger partial charge in [-0.1, -0.05) is 29.3 Å². The highest BCUT2D eigenvalue weighted by molar-refractivity contribution is 6.35. The molecule has 0 aliphatic carbocycles. The Morgan fingerprint density at radius 2 is 1.87 bits per heavy atom. The number of halogens is 3. The number of hydrogen-bond acceptors (Lipinski definition) is 5. The highest BCUT2D eigenvalue weighted by Crippen LogP contribution is 2.33. The van der Waals surface area contributed by atoms with Gasteiger partial charge < -0.3 is 5.11 Å². The molecule has 3 aromatic rings. The van der Waals surface area contributed by atoms with Crippen LogP contribution in [0, 0.1) is 0 Å². The molecule has 0 spiro atoms. The largest absolute Gasteiger partial charge is 0.381 e. The first-order valence-corrected chi connectivity index (χ1v) is 7.65. The molecule has 23 heavy (non-hydrogen) atoms. The van der Waals surface area contributed by atoms with Gasteiger partial charge in [0, 0.05) is 15.6 Å². The quantitative estimate of drug-likeness (QED) is 0.743. The molecule has 0 aliphatic heterocycles. The van der Waals surface area contributed by atoms with Gasteiger partial charge in [-0.2, -0.15) is 5.10 Å². The minimum absolute atomic E-state index is 0.0773. The van der Waals surface area contributed by atoms with Crippen molar-refractivity contribution < 1.29 is 5.11 Å². The molecule has 0 amide bonds. The lowest BCUT2D eigenvalue weighted by atomic mass is 9.93. The van der Waals surface area contributed by atoms with Crippen LogP contribution in [-0.4, -0.2) is 34.6 Å². The van der Waals surface area contributed by atoms with E-state index in [1.165, 1.54) is 28.3 Å². The fourth-order valence-electron chi connectivity index (χ4n) is 2.29. The van der Waals surface area contributed by atoms with Crippen molar-refractivity contribution >= 4 is 34.8 Å². The van der Waals surface area contributed by atoms with E-state index >= 15 is 0 Å². The Bertz CT molecular complexity index is 806. The number of aliphatic hydroxyl groups is 1. The summed E-state index contributed by atoms with van der Waals surface area (Å²) < 4.78 is 2.94. The maximum Gasteiger partial charge on any atom is 0.242 e. The topological polar surface area (TPSA) is 81.6 Å². The normalized spacial score (nSPS) is 13.9. The van der Waals surface area contributed by atoms with E-state index in [-0.39, 0.29) is 18.4 Å². The lowest BCUT2D eigenvalue weighted by Crippen LogP contribution is -2.37. The Morgan fingerprint density at radius 1 is 1.09 bits per heavy atom. The molecule has 0 saturated carbocycles. The van der Waals surface area contributed by atoms with Gasteiger partial charge in [0.05, 0.1) is 13.1 Å². The number of aromatic nitrogens is 6. The Labute approximate surface area is 146 Å². The number of nitrogens with zero attached hydrogens (tertiary/aromatic N) is 6. The zero-order chi connectivity index (χ0) is 16.4. The molecule has 0 fully saturated rings. The van der Waals surface area contributed by atoms with Gasteiger partial charge in [0.15, 0.2) is 0 Å². The van der Waals surface area contributed by atoms with Crippen LogP contribution in [0.15, 0.2) is 37.2 Å². The molecule has 0 aliphatic rings. The average molecular weight is 374 g/mol. The molecule has 10 heteroatoms. The smallest absolute Gasteiger partial charge is 0.242 e. The van der Waals surface area contributed by atoms with E-state index in [0.29, 0.717) is 15.6 Å². The second kappa shape index (κ2) is 6.45. The first kappa shape index (κ1) is 16.2. The fourth-order valence-corrected chi connectivity index (χ4v) is 3.01. The van der Waals surface area contributed by atoms with Crippen LogP contribution in [0.1, 0.15) is 5.56 Å². The van der Waals surface area contributed by atoms with Crippen LogP contribution in [0.5, 0.6) is 0 Å². The molecule has 2 aromatic heterocycles. The summed E-state index contributed by atoms with van der Waals surface area (Å²) in [6, 6.07) is 4.89. The van der Waals surface area contributed by atoms with E-state index in [9.17, 15) is 5.11 Å². The zero-order valence-corrected chi connectivity index (χ0v) is 13.9. The standard InChI is InChI=1S/C13H11Cl3N6O/c14-9-1-2-10(11(15)3-9)13(23,4-21-7-17-6-19-21)5-22-8-18-12(16)20-22/h1-3,6-8,23H,4-5H2. The lowest BCUT2D eigenvalue weighted by Gasteiger charge is -2.29. The highest BCUT2D eigenvalue weighted by Gasteiger charge is 2.34. The lowest BCUT2D eigenvalue weighted by molar-refractivity contribution is -0.00530. The van der Waals surface area contributed by atoms with E-state index in [0.717, 1.165) is 0 Å². The summed E-state index contributed by atoms with van der Waals surface area (Å²) in [5, 5.41) is 20.2. The first-order valence-electron chi connectivity index (χ1n) is 6.51. The van der Waals surface area contributed by atoms with Crippen molar-refractivity contribution in [2.45, 2.75) is 18.7 Å². The van der Waals surface area contributed by atoms with E-state index in [1.807, 2.05) is 0 Å². The van der Waals surface area contributed by atoms with Crippen molar-refractivity contribution in [2.24, 2.45) is 0 Å². The van der Waals surface area contributed by atoms with Crippen LogP contribution in [0.25, 0.3) is 0 Å². The van der Waals surface area contributed by atoms with E-state index in [2.05, 4.69) is 20.2 Å². The van der Waals surface area contributed by atoms with Crippen molar-refractivity contribution in [3.05, 3.63) is 58.1 Å². The Hall–Kier alpha value is -1.67. The maximum absolute atomic E-state index is 11.2. The predicted molar refractivity (Wildman–Crippen MR) is 85.4 cm³/mol. The third-order valence-electron chi connectivity index (χ3n) is 3.25. The molecular formula is C13H11Cl3N6O. The Morgan fingerprint density at radius 3 is 2.48 bits per heavy atom. The molecule has 7 nitrogen and oxygen atoms in total. The van der Waals surface area contributed by atoms with Gasteiger partial charge >= 0.3 is 0 Å². The third-order valence-corrected chi connectivity index (χ3v) is 3.98. The summed E-state index contributed by atoms with van der Waals surface area (Å²) in [7, 11) is 0. The molecule has 1 unspecified atom stereocenters. The maximum atomic E-state index is 11.2. The Balaban J connectivity index is 2.01. The van der Waals surface area contributed by atoms with Crippen LogP contribution >= 0.6 is 34.8 Å². The SMILES string of the molecule is OC(Cn1cncn1)(Cn1cnc(Cl)n1)c1ccc(Cl)cc1Cl. The van der Waals surface area contributed by atoms with Crippen LogP contribution in [0.4, 0.5) is 0 Å². The van der Waals surface area contributed by atoms with Gasteiger partial charge in [-0.15, -0.1) is 5.10 Å². The molecular weight excluding hydrogens is 363 g/mol. The van der Waals surface area contributed by atoms with Crippen LogP contribution in [0.3, 0.4) is 0 Å². The second-order valence-corrected chi connectivity index (χ2v) is 6.14. The van der Waals surface area contributed by atoms with Crippen molar-refractivity contribution in [3.63, 3.8) is 0 Å². The minimum atomic E-state index is -1.41. The number of rotatable bonds is 5. The summed E-state index contributed by atoms with van der Waals surface area (Å²) in [6.07, 6.45) is 4.32. The molecule has 3 rings (SSSR count). The van der Waals surface area contributed by atoms with Crippen LogP contribution < -0.4 is 0 Å². The fraction of sp³-hybridized carbons (Fsp3) is 0.231. The number of benzene rings is 1. The minimum Gasteiger partial charge on any atom is -0.381 e. The van der Waals surface area contributed by atoms with Crippen molar-refractivity contribution in [3.8, 4) is 0 Å². The monoisotopic (exact) mass is 372 g/mol. The molecule has 1 atom stereocenters. The van der Waals surface area contributed by atoms with E-state index in [4.69, 9.17) is 34.8 Å². The molecule has 0 saturated heterocycles. The van der Waals surface area contributed by atoms with Gasteiger partial charge in [0.25, 0.3) is 0 Å². The Kier molecular flexibility index (Phi) is 4.54.